The molecule has 11 nitrogen and oxygen atoms in total. The first kappa shape index (κ1) is 27.3. The molecule has 30 heavy (non-hydrogen) atoms. The second kappa shape index (κ2) is 12.8. The van der Waals surface area contributed by atoms with Gasteiger partial charge in [-0.1, -0.05) is 40.5 Å². The van der Waals surface area contributed by atoms with Crippen molar-refractivity contribution >= 4 is 29.7 Å². The van der Waals surface area contributed by atoms with Crippen molar-refractivity contribution in [1.29, 1.82) is 0 Å². The van der Waals surface area contributed by atoms with Crippen molar-refractivity contribution in [2.75, 3.05) is 0 Å². The van der Waals surface area contributed by atoms with Gasteiger partial charge in [-0.05, 0) is 18.8 Å². The van der Waals surface area contributed by atoms with E-state index in [-0.39, 0.29) is 11.8 Å². The van der Waals surface area contributed by atoms with Crippen molar-refractivity contribution in [2.24, 2.45) is 17.6 Å². The number of aliphatic carboxylic acids is 2. The van der Waals surface area contributed by atoms with E-state index < -0.39 is 60.2 Å². The Hall–Kier alpha value is -2.69. The maximum Gasteiger partial charge on any atom is 0.326 e. The molecule has 11 heteroatoms. The van der Waals surface area contributed by atoms with E-state index in [0.29, 0.717) is 12.8 Å². The number of rotatable bonds is 13. The Bertz CT molecular complexity index is 638. The van der Waals surface area contributed by atoms with E-state index in [0.717, 1.165) is 0 Å². The lowest BCUT2D eigenvalue weighted by Gasteiger charge is -2.28. The Morgan fingerprint density at radius 1 is 0.767 bits per heavy atom. The van der Waals surface area contributed by atoms with Gasteiger partial charge in [0.15, 0.2) is 0 Å². The fraction of sp³-hybridized carbons (Fsp3) is 0.737. The molecule has 0 aliphatic rings. The van der Waals surface area contributed by atoms with Gasteiger partial charge in [0.25, 0.3) is 0 Å². The molecule has 7 N–H and O–H groups in total. The Balaban J connectivity index is 5.57. The molecule has 0 aliphatic heterocycles. The van der Waals surface area contributed by atoms with E-state index in [9.17, 15) is 29.1 Å². The van der Waals surface area contributed by atoms with Crippen LogP contribution in [0.1, 0.15) is 53.9 Å². The van der Waals surface area contributed by atoms with Crippen LogP contribution in [0, 0.1) is 11.8 Å². The summed E-state index contributed by atoms with van der Waals surface area (Å²) in [5, 5.41) is 25.6. The van der Waals surface area contributed by atoms with Crippen LogP contribution in [0.15, 0.2) is 0 Å². The van der Waals surface area contributed by atoms with Crippen molar-refractivity contribution in [3.63, 3.8) is 0 Å². The monoisotopic (exact) mass is 430 g/mol. The number of nitrogens with two attached hydrogens (primary N) is 1. The highest BCUT2D eigenvalue weighted by molar-refractivity contribution is 5.95. The summed E-state index contributed by atoms with van der Waals surface area (Å²) in [6, 6.07) is -4.66. The van der Waals surface area contributed by atoms with Crippen LogP contribution >= 0.6 is 0 Å². The molecule has 0 heterocycles. The Kier molecular flexibility index (Phi) is 11.6. The first-order valence-electron chi connectivity index (χ1n) is 9.96. The Morgan fingerprint density at radius 3 is 1.63 bits per heavy atom. The zero-order valence-corrected chi connectivity index (χ0v) is 18.1. The second-order valence-corrected chi connectivity index (χ2v) is 7.53. The highest BCUT2D eigenvalue weighted by Crippen LogP contribution is 2.12. The molecule has 0 aromatic heterocycles. The van der Waals surface area contributed by atoms with Crippen molar-refractivity contribution < 1.29 is 34.2 Å². The number of carbonyl (C=O) groups is 5. The van der Waals surface area contributed by atoms with Crippen LogP contribution in [0.2, 0.25) is 0 Å². The Labute approximate surface area is 176 Å². The molecule has 0 radical (unpaired) electrons. The lowest BCUT2D eigenvalue weighted by atomic mass is 9.95. The maximum atomic E-state index is 12.8. The minimum Gasteiger partial charge on any atom is -0.481 e. The number of hydrogen-bond donors (Lipinski definition) is 6. The molecule has 3 amide bonds. The van der Waals surface area contributed by atoms with E-state index in [1.807, 2.05) is 0 Å². The van der Waals surface area contributed by atoms with Crippen LogP contribution in [0.5, 0.6) is 0 Å². The van der Waals surface area contributed by atoms with Gasteiger partial charge in [-0.25, -0.2) is 4.79 Å². The minimum absolute atomic E-state index is 0.343. The summed E-state index contributed by atoms with van der Waals surface area (Å²) in [4.78, 5) is 59.9. The molecule has 172 valence electrons. The summed E-state index contributed by atoms with van der Waals surface area (Å²) in [6.07, 6.45) is 0.292. The molecule has 0 fully saturated rings. The van der Waals surface area contributed by atoms with Crippen molar-refractivity contribution in [1.82, 2.24) is 16.0 Å². The van der Waals surface area contributed by atoms with Crippen LogP contribution in [0.3, 0.4) is 0 Å². The fourth-order valence-corrected chi connectivity index (χ4v) is 2.57. The van der Waals surface area contributed by atoms with Gasteiger partial charge in [0.1, 0.15) is 18.1 Å². The van der Waals surface area contributed by atoms with Gasteiger partial charge in [-0.15, -0.1) is 0 Å². The average Bonchev–Trinajstić information content (AvgIpc) is 2.67. The van der Waals surface area contributed by atoms with Gasteiger partial charge in [-0.2, -0.15) is 0 Å². The van der Waals surface area contributed by atoms with Crippen LogP contribution in [0.25, 0.3) is 0 Å². The second-order valence-electron chi connectivity index (χ2n) is 7.53. The Morgan fingerprint density at radius 2 is 1.23 bits per heavy atom. The normalized spacial score (nSPS) is 16.9. The molecule has 0 bridgehead atoms. The molecule has 0 saturated carbocycles. The van der Waals surface area contributed by atoms with Gasteiger partial charge in [0.2, 0.25) is 17.7 Å². The van der Waals surface area contributed by atoms with Crippen LogP contribution in [0.4, 0.5) is 0 Å². The number of carboxylic acids is 2. The largest absolute Gasteiger partial charge is 0.481 e. The zero-order chi connectivity index (χ0) is 23.6. The third kappa shape index (κ3) is 8.76. The maximum absolute atomic E-state index is 12.8. The van der Waals surface area contributed by atoms with Crippen molar-refractivity contribution in [3.05, 3.63) is 0 Å². The highest BCUT2D eigenvalue weighted by atomic mass is 16.4. The predicted molar refractivity (Wildman–Crippen MR) is 108 cm³/mol. The summed E-state index contributed by atoms with van der Waals surface area (Å²) in [7, 11) is 0. The summed E-state index contributed by atoms with van der Waals surface area (Å²) < 4.78 is 0. The van der Waals surface area contributed by atoms with Crippen LogP contribution in [-0.2, 0) is 24.0 Å². The van der Waals surface area contributed by atoms with E-state index >= 15 is 0 Å². The number of carboxylic acid groups (broad SMARTS) is 2. The first-order valence-corrected chi connectivity index (χ1v) is 9.96. The number of amides is 3. The van der Waals surface area contributed by atoms with Crippen molar-refractivity contribution in [3.8, 4) is 0 Å². The highest BCUT2D eigenvalue weighted by Gasteiger charge is 2.34. The summed E-state index contributed by atoms with van der Waals surface area (Å²) in [5.74, 6) is -5.53. The third-order valence-electron chi connectivity index (χ3n) is 5.00. The lowest BCUT2D eigenvalue weighted by molar-refractivity contribution is -0.144. The van der Waals surface area contributed by atoms with Gasteiger partial charge in [-0.3, -0.25) is 19.2 Å². The average molecular weight is 431 g/mol. The molecular formula is C19H34N4O7. The molecule has 0 rings (SSSR count). The smallest absolute Gasteiger partial charge is 0.326 e. The van der Waals surface area contributed by atoms with Gasteiger partial charge in [0.05, 0.1) is 12.5 Å². The quantitative estimate of drug-likeness (QED) is 0.224. The third-order valence-corrected chi connectivity index (χ3v) is 5.00. The van der Waals surface area contributed by atoms with E-state index in [1.165, 1.54) is 6.92 Å². The van der Waals surface area contributed by atoms with Gasteiger partial charge < -0.3 is 31.9 Å². The molecule has 0 spiro atoms. The fourth-order valence-electron chi connectivity index (χ4n) is 2.57. The molecule has 0 aromatic carbocycles. The van der Waals surface area contributed by atoms with Crippen LogP contribution in [-0.4, -0.2) is 64.0 Å². The summed E-state index contributed by atoms with van der Waals surface area (Å²) in [6.45, 7) is 8.32. The van der Waals surface area contributed by atoms with E-state index in [2.05, 4.69) is 16.0 Å². The number of carbonyl (C=O) groups excluding carboxylic acids is 3. The van der Waals surface area contributed by atoms with Crippen molar-refractivity contribution in [2.45, 2.75) is 78.0 Å². The van der Waals surface area contributed by atoms with E-state index in [4.69, 9.17) is 10.8 Å². The lowest BCUT2D eigenvalue weighted by Crippen LogP contribution is -2.59. The summed E-state index contributed by atoms with van der Waals surface area (Å²) >= 11 is 0. The number of nitrogens with one attached hydrogen (secondary N) is 3. The topological polar surface area (TPSA) is 188 Å². The predicted octanol–water partition coefficient (Wildman–Crippen LogP) is -0.560. The first-order chi connectivity index (χ1) is 13.8. The standard InChI is InChI=1S/C19H34N4O7/c1-6-9(3)14(18(28)23-15(19(29)30)10(4)7-2)22-17(27)12(8-13(24)25)21-16(26)11(5)20/h9-12,14-15H,6-8,20H2,1-5H3,(H,21,26)(H,22,27)(H,23,28)(H,24,25)(H,29,30). The number of hydrogen-bond acceptors (Lipinski definition) is 6. The van der Waals surface area contributed by atoms with Gasteiger partial charge >= 0.3 is 11.9 Å². The van der Waals surface area contributed by atoms with Crippen LogP contribution < -0.4 is 21.7 Å². The molecule has 0 saturated heterocycles. The minimum atomic E-state index is -1.44. The molecule has 6 unspecified atom stereocenters. The zero-order valence-electron chi connectivity index (χ0n) is 18.1. The SMILES string of the molecule is CCC(C)C(NC(=O)C(NC(=O)C(CC(=O)O)NC(=O)C(C)N)C(C)CC)C(=O)O. The molecular weight excluding hydrogens is 396 g/mol. The van der Waals surface area contributed by atoms with Gasteiger partial charge in [0, 0.05) is 0 Å². The van der Waals surface area contributed by atoms with E-state index in [1.54, 1.807) is 27.7 Å². The molecule has 0 aliphatic carbocycles. The summed E-state index contributed by atoms with van der Waals surface area (Å²) in [5.41, 5.74) is 5.45. The molecule has 0 aromatic rings. The molecule has 6 atom stereocenters.